The van der Waals surface area contributed by atoms with Gasteiger partial charge in [0.2, 0.25) is 0 Å². The van der Waals surface area contributed by atoms with Crippen LogP contribution in [-0.4, -0.2) is 60.5 Å². The number of hydrogen-bond acceptors (Lipinski definition) is 3. The summed E-state index contributed by atoms with van der Waals surface area (Å²) in [5.74, 6) is 5.35. The van der Waals surface area contributed by atoms with Crippen LogP contribution in [0.25, 0.3) is 0 Å². The minimum atomic E-state index is -4.53. The topological polar surface area (TPSA) is 49.9 Å². The van der Waals surface area contributed by atoms with E-state index in [1.165, 1.54) is 12.1 Å². The number of benzene rings is 1. The Hall–Kier alpha value is -2.24. The molecule has 2 atom stereocenters. The highest BCUT2D eigenvalue weighted by molar-refractivity contribution is 6.30. The van der Waals surface area contributed by atoms with Crippen LogP contribution in [0.15, 0.2) is 18.2 Å². The molecular weight excluding hydrogens is 421 g/mol. The lowest BCUT2D eigenvalue weighted by atomic mass is 9.88. The fraction of sp³-hybridized carbons (Fsp3) is 0.524. The average molecular weight is 441 g/mol. The van der Waals surface area contributed by atoms with Crippen LogP contribution in [0.5, 0.6) is 0 Å². The first-order chi connectivity index (χ1) is 14.2. The summed E-state index contributed by atoms with van der Waals surface area (Å²) in [5.41, 5.74) is -0.984. The third-order valence-corrected chi connectivity index (χ3v) is 5.97. The van der Waals surface area contributed by atoms with Crippen molar-refractivity contribution in [1.29, 1.82) is 0 Å². The van der Waals surface area contributed by atoms with Gasteiger partial charge in [-0.1, -0.05) is 23.4 Å². The Morgan fingerprint density at radius 1 is 1.20 bits per heavy atom. The molecule has 3 aliphatic rings. The number of urea groups is 1. The molecule has 0 saturated carbocycles. The summed E-state index contributed by atoms with van der Waals surface area (Å²) in [6, 6.07) is 3.39. The minimum Gasteiger partial charge on any atom is -0.370 e. The summed E-state index contributed by atoms with van der Waals surface area (Å²) in [6.07, 6.45) is -3.36. The molecule has 1 aromatic rings. The van der Waals surface area contributed by atoms with E-state index in [9.17, 15) is 22.8 Å². The molecule has 0 radical (unpaired) electrons. The summed E-state index contributed by atoms with van der Waals surface area (Å²) in [4.78, 5) is 27.7. The quantitative estimate of drug-likeness (QED) is 0.581. The first-order valence-corrected chi connectivity index (χ1v) is 10.1. The van der Waals surface area contributed by atoms with Gasteiger partial charge in [-0.25, -0.2) is 4.79 Å². The van der Waals surface area contributed by atoms with Crippen LogP contribution in [0.4, 0.5) is 18.0 Å². The van der Waals surface area contributed by atoms with Crippen LogP contribution in [0.2, 0.25) is 5.02 Å². The normalized spacial score (nSPS) is 24.6. The molecule has 0 unspecified atom stereocenters. The van der Waals surface area contributed by atoms with Gasteiger partial charge < -0.3 is 14.5 Å². The molecule has 30 heavy (non-hydrogen) atoms. The van der Waals surface area contributed by atoms with E-state index in [1.54, 1.807) is 9.80 Å². The van der Waals surface area contributed by atoms with Gasteiger partial charge in [0.1, 0.15) is 6.61 Å². The van der Waals surface area contributed by atoms with E-state index in [0.717, 1.165) is 6.07 Å². The zero-order valence-electron chi connectivity index (χ0n) is 16.0. The third kappa shape index (κ3) is 4.42. The number of likely N-dealkylation sites (tertiary alicyclic amines) is 2. The second kappa shape index (κ2) is 8.12. The zero-order valence-corrected chi connectivity index (χ0v) is 16.8. The lowest BCUT2D eigenvalue weighted by Crippen LogP contribution is -2.58. The predicted octanol–water partition coefficient (Wildman–Crippen LogP) is 3.44. The molecule has 0 bridgehead atoms. The Labute approximate surface area is 177 Å². The van der Waals surface area contributed by atoms with Crippen molar-refractivity contribution < 1.29 is 27.5 Å². The summed E-state index contributed by atoms with van der Waals surface area (Å²) in [5, 5.41) is 0.00197. The molecule has 3 aliphatic heterocycles. The number of ketones is 1. The molecular formula is C21H20ClF3N2O3. The maximum atomic E-state index is 13.2. The first kappa shape index (κ1) is 21.0. The van der Waals surface area contributed by atoms with E-state index in [4.69, 9.17) is 16.3 Å². The fourth-order valence-corrected chi connectivity index (χ4v) is 4.29. The Morgan fingerprint density at radius 2 is 1.97 bits per heavy atom. The van der Waals surface area contributed by atoms with Gasteiger partial charge in [0.25, 0.3) is 0 Å². The van der Waals surface area contributed by atoms with Gasteiger partial charge in [-0.2, -0.15) is 13.2 Å². The van der Waals surface area contributed by atoms with Crippen LogP contribution in [-0.2, 0) is 15.7 Å². The number of carbonyl (C=O) groups excluding carboxylic acids is 2. The summed E-state index contributed by atoms with van der Waals surface area (Å²) < 4.78 is 45.0. The largest absolute Gasteiger partial charge is 0.417 e. The van der Waals surface area contributed by atoms with Crippen LogP contribution in [0.1, 0.15) is 24.0 Å². The van der Waals surface area contributed by atoms with Gasteiger partial charge in [-0.05, 0) is 24.6 Å². The number of carbonyl (C=O) groups is 2. The highest BCUT2D eigenvalue weighted by atomic mass is 35.5. The third-order valence-electron chi connectivity index (χ3n) is 5.73. The maximum absolute atomic E-state index is 13.2. The van der Waals surface area contributed by atoms with Crippen molar-refractivity contribution in [2.45, 2.75) is 25.1 Å². The minimum absolute atomic E-state index is 0.00197. The van der Waals surface area contributed by atoms with Crippen molar-refractivity contribution in [3.8, 4) is 11.8 Å². The smallest absolute Gasteiger partial charge is 0.370 e. The zero-order chi connectivity index (χ0) is 21.5. The number of nitrogens with zero attached hydrogens (tertiary/aromatic N) is 2. The van der Waals surface area contributed by atoms with Crippen molar-refractivity contribution >= 4 is 23.4 Å². The fourth-order valence-electron chi connectivity index (χ4n) is 4.12. The van der Waals surface area contributed by atoms with E-state index in [0.29, 0.717) is 39.0 Å². The van der Waals surface area contributed by atoms with Crippen molar-refractivity contribution in [2.24, 2.45) is 11.8 Å². The Kier molecular flexibility index (Phi) is 5.69. The number of halogens is 4. The lowest BCUT2D eigenvalue weighted by Gasteiger charge is -2.45. The highest BCUT2D eigenvalue weighted by Crippen LogP contribution is 2.34. The van der Waals surface area contributed by atoms with Crippen LogP contribution in [0, 0.1) is 23.7 Å². The molecule has 3 fully saturated rings. The number of rotatable bonds is 0. The molecule has 0 aromatic heterocycles. The molecule has 9 heteroatoms. The number of ether oxygens (including phenoxy) is 1. The summed E-state index contributed by atoms with van der Waals surface area (Å²) in [7, 11) is 0. The van der Waals surface area contributed by atoms with Crippen LogP contribution < -0.4 is 0 Å². The lowest BCUT2D eigenvalue weighted by molar-refractivity contribution is -0.140. The van der Waals surface area contributed by atoms with E-state index in [2.05, 4.69) is 11.8 Å². The van der Waals surface area contributed by atoms with Crippen molar-refractivity contribution in [3.63, 3.8) is 0 Å². The molecule has 3 heterocycles. The van der Waals surface area contributed by atoms with Crippen molar-refractivity contribution in [3.05, 3.63) is 34.3 Å². The Bertz CT molecular complexity index is 918. The molecule has 0 aliphatic carbocycles. The second-order valence-electron chi connectivity index (χ2n) is 7.93. The molecule has 3 saturated heterocycles. The number of piperidine rings is 1. The Balaban J connectivity index is 1.34. The van der Waals surface area contributed by atoms with Crippen molar-refractivity contribution in [2.75, 3.05) is 32.8 Å². The molecule has 0 N–H and O–H groups in total. The van der Waals surface area contributed by atoms with Gasteiger partial charge in [0.05, 0.1) is 17.6 Å². The molecule has 160 valence electrons. The molecule has 4 rings (SSSR count). The van der Waals surface area contributed by atoms with E-state index in [-0.39, 0.29) is 46.9 Å². The summed E-state index contributed by atoms with van der Waals surface area (Å²) in [6.45, 7) is 1.97. The van der Waals surface area contributed by atoms with Crippen molar-refractivity contribution in [1.82, 2.24) is 9.80 Å². The number of amides is 2. The van der Waals surface area contributed by atoms with E-state index >= 15 is 0 Å². The monoisotopic (exact) mass is 440 g/mol. The van der Waals surface area contributed by atoms with Gasteiger partial charge in [-0.15, -0.1) is 0 Å². The van der Waals surface area contributed by atoms with Gasteiger partial charge in [-0.3, -0.25) is 4.79 Å². The second-order valence-corrected chi connectivity index (χ2v) is 8.36. The highest BCUT2D eigenvalue weighted by Gasteiger charge is 2.40. The van der Waals surface area contributed by atoms with Gasteiger partial charge >= 0.3 is 12.2 Å². The summed E-state index contributed by atoms with van der Waals surface area (Å²) >= 11 is 5.68. The number of Topliss-reactive ketones (excluding diaryl/α,β-unsaturated/α-hetero) is 1. The SMILES string of the molecule is O=C1CO[C@H]2CCN(C(=O)N3CC(C#Cc4ccc(Cl)cc4C(F)(F)F)C3)C[C@H]2C1. The number of alkyl halides is 3. The van der Waals surface area contributed by atoms with Crippen LogP contribution in [0.3, 0.4) is 0 Å². The molecule has 2 amide bonds. The molecule has 0 spiro atoms. The molecule has 1 aromatic carbocycles. The van der Waals surface area contributed by atoms with Gasteiger partial charge in [0.15, 0.2) is 5.78 Å². The van der Waals surface area contributed by atoms with Crippen LogP contribution >= 0.6 is 11.6 Å². The van der Waals surface area contributed by atoms with Gasteiger partial charge in [0, 0.05) is 49.1 Å². The maximum Gasteiger partial charge on any atom is 0.417 e. The molecule has 5 nitrogen and oxygen atoms in total. The average Bonchev–Trinajstić information content (AvgIpc) is 2.66. The Morgan fingerprint density at radius 3 is 2.70 bits per heavy atom. The number of fused-ring (bicyclic) bond motifs is 1. The van der Waals surface area contributed by atoms with E-state index in [1.807, 2.05) is 0 Å². The van der Waals surface area contributed by atoms with E-state index < -0.39 is 11.7 Å². The predicted molar refractivity (Wildman–Crippen MR) is 103 cm³/mol. The standard InChI is InChI=1S/C21H20ClF3N2O3/c22-16-4-3-14(18(8-16)21(23,24)25)2-1-13-9-27(10-13)20(29)26-6-5-19-15(11-26)7-17(28)12-30-19/h3-4,8,13,15,19H,5-7,9-12H2/t15-,19+/m1/s1. The first-order valence-electron chi connectivity index (χ1n) is 9.76. The number of hydrogen-bond donors (Lipinski definition) is 0.